The molecule has 0 aromatic carbocycles. The van der Waals surface area contributed by atoms with Gasteiger partial charge in [0, 0.05) is 25.2 Å². The molecule has 0 bridgehead atoms. The van der Waals surface area contributed by atoms with E-state index >= 15 is 0 Å². The van der Waals surface area contributed by atoms with Gasteiger partial charge >= 0.3 is 0 Å². The van der Waals surface area contributed by atoms with Crippen molar-refractivity contribution in [1.82, 2.24) is 9.88 Å². The van der Waals surface area contributed by atoms with E-state index in [0.717, 1.165) is 25.5 Å². The number of hydrogen-bond donors (Lipinski definition) is 0. The molecule has 0 spiro atoms. The average molecular weight is 340 g/mol. The predicted molar refractivity (Wildman–Crippen MR) is 98.2 cm³/mol. The van der Waals surface area contributed by atoms with Gasteiger partial charge in [0.05, 0.1) is 0 Å². The highest BCUT2D eigenvalue weighted by molar-refractivity contribution is 5.92. The maximum Gasteiger partial charge on any atom is 0.228 e. The lowest BCUT2D eigenvalue weighted by atomic mass is 9.82. The molecule has 1 aromatic rings. The fourth-order valence-electron chi connectivity index (χ4n) is 3.06. The zero-order chi connectivity index (χ0) is 16.2. The predicted octanol–water partition coefficient (Wildman–Crippen LogP) is 3.76. The van der Waals surface area contributed by atoms with Crippen molar-refractivity contribution in [1.29, 1.82) is 0 Å². The Balaban J connectivity index is 0.00000264. The zero-order valence-corrected chi connectivity index (χ0v) is 15.6. The summed E-state index contributed by atoms with van der Waals surface area (Å²) in [4.78, 5) is 21.1. The minimum Gasteiger partial charge on any atom is -0.301 e. The Morgan fingerprint density at radius 1 is 1.35 bits per heavy atom. The molecule has 0 N–H and O–H groups in total. The van der Waals surface area contributed by atoms with Gasteiger partial charge in [-0.3, -0.25) is 9.69 Å². The normalized spacial score (nSPS) is 18.8. The van der Waals surface area contributed by atoms with Crippen molar-refractivity contribution in [3.05, 3.63) is 24.4 Å². The minimum atomic E-state index is 0. The third kappa shape index (κ3) is 5.47. The quantitative estimate of drug-likeness (QED) is 0.819. The summed E-state index contributed by atoms with van der Waals surface area (Å²) >= 11 is 0. The van der Waals surface area contributed by atoms with E-state index in [4.69, 9.17) is 0 Å². The summed E-state index contributed by atoms with van der Waals surface area (Å²) < 4.78 is 0. The molecule has 1 saturated heterocycles. The molecule has 1 unspecified atom stereocenters. The minimum absolute atomic E-state index is 0. The Kier molecular flexibility index (Phi) is 7.49. The van der Waals surface area contributed by atoms with Gasteiger partial charge in [0.25, 0.3) is 0 Å². The number of anilines is 1. The monoisotopic (exact) mass is 339 g/mol. The van der Waals surface area contributed by atoms with Gasteiger partial charge in [-0.15, -0.1) is 12.4 Å². The van der Waals surface area contributed by atoms with Crippen LogP contribution in [0.3, 0.4) is 0 Å². The number of rotatable bonds is 5. The van der Waals surface area contributed by atoms with E-state index in [1.165, 1.54) is 12.8 Å². The molecule has 1 aliphatic rings. The molecule has 1 fully saturated rings. The van der Waals surface area contributed by atoms with Crippen molar-refractivity contribution in [2.45, 2.75) is 53.0 Å². The fraction of sp³-hybridized carbons (Fsp3) is 0.667. The standard InChI is InChI=1S/C18H29N3O.ClH/c1-5-17(22)21(16-8-6-7-11-19-16)15(2)14-20-12-9-18(3,4)10-13-20;/h6-8,11,15H,5,9-10,12-14H2,1-4H3;1H. The first-order valence-corrected chi connectivity index (χ1v) is 8.38. The van der Waals surface area contributed by atoms with Crippen molar-refractivity contribution in [3.63, 3.8) is 0 Å². The summed E-state index contributed by atoms with van der Waals surface area (Å²) in [5.74, 6) is 0.905. The Bertz CT molecular complexity index is 482. The van der Waals surface area contributed by atoms with Crippen LogP contribution in [0.4, 0.5) is 5.82 Å². The van der Waals surface area contributed by atoms with Gasteiger partial charge in [0.15, 0.2) is 0 Å². The van der Waals surface area contributed by atoms with E-state index in [0.29, 0.717) is 11.8 Å². The van der Waals surface area contributed by atoms with E-state index in [1.54, 1.807) is 6.20 Å². The molecule has 5 heteroatoms. The second-order valence-corrected chi connectivity index (χ2v) is 7.12. The second-order valence-electron chi connectivity index (χ2n) is 7.12. The summed E-state index contributed by atoms with van der Waals surface area (Å²) in [7, 11) is 0. The Morgan fingerprint density at radius 2 is 2.00 bits per heavy atom. The van der Waals surface area contributed by atoms with E-state index in [1.807, 2.05) is 30.0 Å². The lowest BCUT2D eigenvalue weighted by Crippen LogP contribution is -2.48. The van der Waals surface area contributed by atoms with Crippen LogP contribution in [0.1, 0.15) is 47.0 Å². The lowest BCUT2D eigenvalue weighted by Gasteiger charge is -2.39. The molecule has 1 aliphatic heterocycles. The first-order valence-electron chi connectivity index (χ1n) is 8.38. The summed E-state index contributed by atoms with van der Waals surface area (Å²) in [6, 6.07) is 5.89. The van der Waals surface area contributed by atoms with E-state index < -0.39 is 0 Å². The van der Waals surface area contributed by atoms with Crippen molar-refractivity contribution < 1.29 is 4.79 Å². The molecule has 0 saturated carbocycles. The van der Waals surface area contributed by atoms with E-state index in [2.05, 4.69) is 30.7 Å². The number of halogens is 1. The van der Waals surface area contributed by atoms with Gasteiger partial charge < -0.3 is 4.90 Å². The highest BCUT2D eigenvalue weighted by Gasteiger charge is 2.28. The van der Waals surface area contributed by atoms with Crippen LogP contribution < -0.4 is 4.90 Å². The van der Waals surface area contributed by atoms with Crippen LogP contribution in [0.15, 0.2) is 24.4 Å². The summed E-state index contributed by atoms with van der Waals surface area (Å²) in [6.07, 6.45) is 4.71. The molecule has 1 atom stereocenters. The molecule has 1 amide bonds. The highest BCUT2D eigenvalue weighted by atomic mass is 35.5. The molecule has 0 aliphatic carbocycles. The van der Waals surface area contributed by atoms with E-state index in [9.17, 15) is 4.79 Å². The van der Waals surface area contributed by atoms with E-state index in [-0.39, 0.29) is 24.4 Å². The largest absolute Gasteiger partial charge is 0.301 e. The summed E-state index contributed by atoms with van der Waals surface area (Å²) in [6.45, 7) is 11.9. The molecule has 1 aromatic heterocycles. The lowest BCUT2D eigenvalue weighted by molar-refractivity contribution is -0.118. The zero-order valence-electron chi connectivity index (χ0n) is 14.8. The number of nitrogens with zero attached hydrogens (tertiary/aromatic N) is 3. The van der Waals surface area contributed by atoms with Crippen LogP contribution in [0.25, 0.3) is 0 Å². The van der Waals surface area contributed by atoms with Crippen LogP contribution >= 0.6 is 12.4 Å². The molecule has 23 heavy (non-hydrogen) atoms. The number of carbonyl (C=O) groups excluding carboxylic acids is 1. The van der Waals surface area contributed by atoms with Gasteiger partial charge in [-0.2, -0.15) is 0 Å². The van der Waals surface area contributed by atoms with Gasteiger partial charge in [-0.05, 0) is 50.4 Å². The average Bonchev–Trinajstić information content (AvgIpc) is 2.50. The molecule has 4 nitrogen and oxygen atoms in total. The number of piperidine rings is 1. The molecule has 2 rings (SSSR count). The molecular formula is C18H30ClN3O. The topological polar surface area (TPSA) is 36.4 Å². The van der Waals surface area contributed by atoms with Crippen molar-refractivity contribution in [3.8, 4) is 0 Å². The van der Waals surface area contributed by atoms with Crippen LogP contribution in [0.5, 0.6) is 0 Å². The first-order chi connectivity index (χ1) is 10.4. The van der Waals surface area contributed by atoms with Crippen LogP contribution in [0.2, 0.25) is 0 Å². The van der Waals surface area contributed by atoms with Crippen molar-refractivity contribution in [2.24, 2.45) is 5.41 Å². The second kappa shape index (κ2) is 8.65. The van der Waals surface area contributed by atoms with Gasteiger partial charge in [-0.25, -0.2) is 4.98 Å². The maximum absolute atomic E-state index is 12.4. The summed E-state index contributed by atoms with van der Waals surface area (Å²) in [5.41, 5.74) is 0.458. The van der Waals surface area contributed by atoms with Gasteiger partial charge in [0.1, 0.15) is 5.82 Å². The molecule has 0 radical (unpaired) electrons. The fourth-order valence-corrected chi connectivity index (χ4v) is 3.06. The van der Waals surface area contributed by atoms with Crippen LogP contribution in [-0.4, -0.2) is 41.5 Å². The third-order valence-electron chi connectivity index (χ3n) is 4.64. The van der Waals surface area contributed by atoms with Gasteiger partial charge in [-0.1, -0.05) is 26.8 Å². The first kappa shape index (κ1) is 19.9. The summed E-state index contributed by atoms with van der Waals surface area (Å²) in [5, 5.41) is 0. The number of hydrogen-bond acceptors (Lipinski definition) is 3. The number of pyridine rings is 1. The smallest absolute Gasteiger partial charge is 0.228 e. The maximum atomic E-state index is 12.4. The Morgan fingerprint density at radius 3 is 2.52 bits per heavy atom. The van der Waals surface area contributed by atoms with Gasteiger partial charge in [0.2, 0.25) is 5.91 Å². The van der Waals surface area contributed by atoms with Crippen molar-refractivity contribution in [2.75, 3.05) is 24.5 Å². The van der Waals surface area contributed by atoms with Crippen LogP contribution in [0, 0.1) is 5.41 Å². The molecule has 130 valence electrons. The highest BCUT2D eigenvalue weighted by Crippen LogP contribution is 2.30. The Labute approximate surface area is 146 Å². The number of amides is 1. The number of aromatic nitrogens is 1. The molecule has 2 heterocycles. The van der Waals surface area contributed by atoms with Crippen molar-refractivity contribution >= 4 is 24.1 Å². The third-order valence-corrected chi connectivity index (χ3v) is 4.64. The SMILES string of the molecule is CCC(=O)N(c1ccccn1)C(C)CN1CCC(C)(C)CC1.Cl. The number of likely N-dealkylation sites (tertiary alicyclic amines) is 1. The van der Waals surface area contributed by atoms with Crippen LogP contribution in [-0.2, 0) is 4.79 Å². The number of carbonyl (C=O) groups is 1. The Hall–Kier alpha value is -1.13. The molecular weight excluding hydrogens is 310 g/mol.